The number of halogens is 1. The van der Waals surface area contributed by atoms with Gasteiger partial charge in [-0.1, -0.05) is 6.92 Å². The Labute approximate surface area is 153 Å². The zero-order valence-corrected chi connectivity index (χ0v) is 14.3. The van der Waals surface area contributed by atoms with Crippen molar-refractivity contribution < 1.29 is 23.6 Å². The number of rotatable bonds is 5. The fourth-order valence-electron chi connectivity index (χ4n) is 2.72. The van der Waals surface area contributed by atoms with Gasteiger partial charge in [0.1, 0.15) is 18.1 Å². The number of fused-ring (bicyclic) bond motifs is 1. The van der Waals surface area contributed by atoms with E-state index in [9.17, 15) is 24.1 Å². The smallest absolute Gasteiger partial charge is 0.271 e. The van der Waals surface area contributed by atoms with Crippen LogP contribution in [0.3, 0.4) is 0 Å². The third-order valence-corrected chi connectivity index (χ3v) is 4.06. The van der Waals surface area contributed by atoms with Gasteiger partial charge in [0.25, 0.3) is 11.6 Å². The van der Waals surface area contributed by atoms with Crippen molar-refractivity contribution in [1.29, 1.82) is 0 Å². The number of ether oxygens (including phenoxy) is 1. The van der Waals surface area contributed by atoms with Crippen LogP contribution in [0.25, 0.3) is 0 Å². The van der Waals surface area contributed by atoms with E-state index in [0.717, 1.165) is 0 Å². The van der Waals surface area contributed by atoms with Gasteiger partial charge in [0.05, 0.1) is 10.6 Å². The molecule has 3 rings (SSSR count). The first kappa shape index (κ1) is 18.3. The maximum Gasteiger partial charge on any atom is 0.271 e. The van der Waals surface area contributed by atoms with Crippen molar-refractivity contribution in [2.24, 2.45) is 0 Å². The Morgan fingerprint density at radius 3 is 2.63 bits per heavy atom. The molecule has 0 bridgehead atoms. The van der Waals surface area contributed by atoms with Gasteiger partial charge in [0.2, 0.25) is 5.91 Å². The van der Waals surface area contributed by atoms with Gasteiger partial charge in [-0.2, -0.15) is 0 Å². The van der Waals surface area contributed by atoms with Crippen LogP contribution in [0, 0.1) is 15.9 Å². The number of hydrogen-bond donors (Lipinski definition) is 1. The van der Waals surface area contributed by atoms with Crippen molar-refractivity contribution in [2.75, 3.05) is 16.8 Å². The highest BCUT2D eigenvalue weighted by Crippen LogP contribution is 2.37. The van der Waals surface area contributed by atoms with Gasteiger partial charge in [0, 0.05) is 17.8 Å². The Balaban J connectivity index is 1.87. The Bertz CT molecular complexity index is 900. The quantitative estimate of drug-likeness (QED) is 0.641. The summed E-state index contributed by atoms with van der Waals surface area (Å²) in [6, 6.07) is 9.06. The molecule has 1 aliphatic heterocycles. The van der Waals surface area contributed by atoms with Crippen LogP contribution in [-0.2, 0) is 9.59 Å². The molecule has 2 amide bonds. The average Bonchev–Trinajstić information content (AvgIpc) is 2.65. The van der Waals surface area contributed by atoms with Crippen molar-refractivity contribution in [3.05, 3.63) is 58.4 Å². The van der Waals surface area contributed by atoms with Crippen LogP contribution >= 0.6 is 0 Å². The number of hydrogen-bond acceptors (Lipinski definition) is 5. The van der Waals surface area contributed by atoms with E-state index in [0.29, 0.717) is 17.9 Å². The number of nitrogens with one attached hydrogen (secondary N) is 1. The number of nitro groups is 1. The second-order valence-electron chi connectivity index (χ2n) is 5.90. The predicted molar refractivity (Wildman–Crippen MR) is 95.2 cm³/mol. The van der Waals surface area contributed by atoms with Gasteiger partial charge in [-0.05, 0) is 36.8 Å². The molecule has 0 saturated carbocycles. The Kier molecular flexibility index (Phi) is 5.02. The van der Waals surface area contributed by atoms with E-state index in [1.807, 2.05) is 0 Å². The van der Waals surface area contributed by atoms with Crippen LogP contribution in [0.2, 0.25) is 0 Å². The lowest BCUT2D eigenvalue weighted by Crippen LogP contribution is -2.48. The number of benzene rings is 2. The number of amides is 2. The van der Waals surface area contributed by atoms with E-state index >= 15 is 0 Å². The first-order chi connectivity index (χ1) is 12.9. The highest BCUT2D eigenvalue weighted by molar-refractivity contribution is 6.06. The van der Waals surface area contributed by atoms with Crippen molar-refractivity contribution in [1.82, 2.24) is 0 Å². The molecule has 0 aliphatic carbocycles. The zero-order chi connectivity index (χ0) is 19.6. The summed E-state index contributed by atoms with van der Waals surface area (Å²) in [7, 11) is 0. The molecule has 0 aromatic heterocycles. The highest BCUT2D eigenvalue weighted by atomic mass is 19.1. The fraction of sp³-hybridized carbons (Fsp3) is 0.222. The fourth-order valence-corrected chi connectivity index (χ4v) is 2.72. The van der Waals surface area contributed by atoms with Crippen LogP contribution in [0.1, 0.15) is 13.3 Å². The minimum atomic E-state index is -0.780. The van der Waals surface area contributed by atoms with E-state index in [-0.39, 0.29) is 17.9 Å². The molecule has 9 heteroatoms. The number of carbonyl (C=O) groups excluding carboxylic acids is 2. The van der Waals surface area contributed by atoms with E-state index in [4.69, 9.17) is 4.74 Å². The normalized spacial score (nSPS) is 15.7. The van der Waals surface area contributed by atoms with E-state index in [1.165, 1.54) is 47.4 Å². The van der Waals surface area contributed by atoms with Crippen molar-refractivity contribution in [3.8, 4) is 5.75 Å². The van der Waals surface area contributed by atoms with Gasteiger partial charge < -0.3 is 10.1 Å². The van der Waals surface area contributed by atoms with E-state index < -0.39 is 28.7 Å². The second kappa shape index (κ2) is 7.40. The van der Waals surface area contributed by atoms with Gasteiger partial charge in [-0.15, -0.1) is 0 Å². The van der Waals surface area contributed by atoms with Crippen LogP contribution in [-0.4, -0.2) is 29.4 Å². The van der Waals surface area contributed by atoms with Crippen molar-refractivity contribution >= 4 is 28.9 Å². The monoisotopic (exact) mass is 373 g/mol. The number of non-ortho nitro benzene ring substituents is 1. The molecule has 27 heavy (non-hydrogen) atoms. The van der Waals surface area contributed by atoms with Crippen LogP contribution < -0.4 is 15.0 Å². The summed E-state index contributed by atoms with van der Waals surface area (Å²) >= 11 is 0. The maximum absolute atomic E-state index is 13.0. The number of carbonyl (C=O) groups is 2. The minimum Gasteiger partial charge on any atom is -0.478 e. The minimum absolute atomic E-state index is 0.160. The molecule has 2 aromatic rings. The van der Waals surface area contributed by atoms with Gasteiger partial charge in [-0.25, -0.2) is 4.39 Å². The Hall–Kier alpha value is -3.49. The number of nitrogens with zero attached hydrogens (tertiary/aromatic N) is 2. The van der Waals surface area contributed by atoms with E-state index in [1.54, 1.807) is 6.92 Å². The number of nitro benzene ring substituents is 1. The molecular formula is C18H16FN3O5. The summed E-state index contributed by atoms with van der Waals surface area (Å²) in [5.41, 5.74) is 0.311. The predicted octanol–water partition coefficient (Wildman–Crippen LogP) is 2.88. The first-order valence-corrected chi connectivity index (χ1v) is 8.21. The average molecular weight is 373 g/mol. The largest absolute Gasteiger partial charge is 0.478 e. The lowest BCUT2D eigenvalue weighted by molar-refractivity contribution is -0.384. The van der Waals surface area contributed by atoms with Gasteiger partial charge >= 0.3 is 0 Å². The number of anilines is 2. The first-order valence-electron chi connectivity index (χ1n) is 8.21. The molecule has 140 valence electrons. The molecule has 1 N–H and O–H groups in total. The summed E-state index contributed by atoms with van der Waals surface area (Å²) in [6.07, 6.45) is -0.400. The van der Waals surface area contributed by atoms with E-state index in [2.05, 4.69) is 5.32 Å². The molecule has 1 atom stereocenters. The third-order valence-electron chi connectivity index (χ3n) is 4.06. The molecule has 2 aromatic carbocycles. The lowest BCUT2D eigenvalue weighted by atomic mass is 10.1. The molecule has 1 unspecified atom stereocenters. The summed E-state index contributed by atoms with van der Waals surface area (Å²) < 4.78 is 18.5. The zero-order valence-electron chi connectivity index (χ0n) is 14.3. The standard InChI is InChI=1S/C18H16FN3O5/c1-2-15-18(24)21(10-17(23)20-12-5-3-11(19)4-6-12)14-9-13(22(25)26)7-8-16(14)27-15/h3-9,15H,2,10H2,1H3,(H,20,23). The summed E-state index contributed by atoms with van der Waals surface area (Å²) in [4.78, 5) is 36.6. The van der Waals surface area contributed by atoms with Crippen LogP contribution in [0.15, 0.2) is 42.5 Å². The van der Waals surface area contributed by atoms with Crippen LogP contribution in [0.5, 0.6) is 5.75 Å². The molecule has 0 saturated heterocycles. The van der Waals surface area contributed by atoms with Crippen molar-refractivity contribution in [2.45, 2.75) is 19.4 Å². The maximum atomic E-state index is 13.0. The third kappa shape index (κ3) is 3.86. The molecular weight excluding hydrogens is 357 g/mol. The van der Waals surface area contributed by atoms with Gasteiger partial charge in [0.15, 0.2) is 6.10 Å². The summed E-state index contributed by atoms with van der Waals surface area (Å²) in [5, 5.41) is 13.6. The van der Waals surface area contributed by atoms with Gasteiger partial charge in [-0.3, -0.25) is 24.6 Å². The molecule has 0 spiro atoms. The summed E-state index contributed by atoms with van der Waals surface area (Å²) in [5.74, 6) is -1.13. The second-order valence-corrected chi connectivity index (χ2v) is 5.90. The molecule has 1 aliphatic rings. The highest BCUT2D eigenvalue weighted by Gasteiger charge is 2.35. The lowest BCUT2D eigenvalue weighted by Gasteiger charge is -2.33. The molecule has 8 nitrogen and oxygen atoms in total. The molecule has 0 radical (unpaired) electrons. The van der Waals surface area contributed by atoms with Crippen LogP contribution in [0.4, 0.5) is 21.5 Å². The SMILES string of the molecule is CCC1Oc2ccc([N+](=O)[O-])cc2N(CC(=O)Nc2ccc(F)cc2)C1=O. The Morgan fingerprint density at radius 2 is 2.00 bits per heavy atom. The molecule has 0 fully saturated rings. The Morgan fingerprint density at radius 1 is 1.30 bits per heavy atom. The summed E-state index contributed by atoms with van der Waals surface area (Å²) in [6.45, 7) is 1.40. The topological polar surface area (TPSA) is 102 Å². The molecule has 1 heterocycles. The van der Waals surface area contributed by atoms with Crippen molar-refractivity contribution in [3.63, 3.8) is 0 Å².